The third-order valence-corrected chi connectivity index (χ3v) is 9.13. The summed E-state index contributed by atoms with van der Waals surface area (Å²) in [5, 5.41) is 6.49. The molecule has 0 unspecified atom stereocenters. The number of carbonyl (C=O) groups excluding carboxylic acids is 2. The number of hydrogen-bond acceptors (Lipinski definition) is 4. The Balaban J connectivity index is 1.18. The maximum absolute atomic E-state index is 13.1. The maximum Gasteiger partial charge on any atom is 0.254 e. The van der Waals surface area contributed by atoms with E-state index in [9.17, 15) is 9.59 Å². The summed E-state index contributed by atoms with van der Waals surface area (Å²) < 4.78 is 7.35. The number of imide groups is 1. The average Bonchev–Trinajstić information content (AvgIpc) is 3.57. The van der Waals surface area contributed by atoms with Crippen LogP contribution in [0.4, 0.5) is 0 Å². The number of benzene rings is 2. The minimum atomic E-state index is -0.252. The highest BCUT2D eigenvalue weighted by Crippen LogP contribution is 2.65. The molecule has 2 amide bonds. The number of rotatable bonds is 5. The lowest BCUT2D eigenvalue weighted by Gasteiger charge is -2.37. The monoisotopic (exact) mass is 622 g/mol. The lowest BCUT2D eigenvalue weighted by molar-refractivity contribution is -0.140. The van der Waals surface area contributed by atoms with E-state index in [0.717, 1.165) is 22.6 Å². The standard InChI is InChI=1S/C25H18Br2Cl2N2O3/c26-18-5-11(6-19(27)23(18)34-10-12-1-2-13(28)7-20(12)29)9-30-31-24(32)21-14-3-4-15(17-8-16(14)17)22(21)25(31)33/h1-7,9,14-17,21-22H,8,10H2/b30-9-/t14-,15-,16-,17-,21-,22+/m0/s1. The summed E-state index contributed by atoms with van der Waals surface area (Å²) in [6.07, 6.45) is 6.99. The zero-order valence-corrected chi connectivity index (χ0v) is 22.3. The average molecular weight is 625 g/mol. The molecule has 6 atom stereocenters. The Kier molecular flexibility index (Phi) is 5.67. The van der Waals surface area contributed by atoms with E-state index >= 15 is 0 Å². The molecule has 0 spiro atoms. The topological polar surface area (TPSA) is 59.0 Å². The van der Waals surface area contributed by atoms with Gasteiger partial charge in [-0.2, -0.15) is 10.1 Å². The highest BCUT2D eigenvalue weighted by Gasteiger charge is 2.67. The normalized spacial score (nSPS) is 30.8. The second kappa shape index (κ2) is 8.47. The van der Waals surface area contributed by atoms with Crippen LogP contribution in [0.5, 0.6) is 5.75 Å². The van der Waals surface area contributed by atoms with Crippen LogP contribution in [0.15, 0.2) is 56.5 Å². The van der Waals surface area contributed by atoms with Gasteiger partial charge >= 0.3 is 0 Å². The van der Waals surface area contributed by atoms with Gasteiger partial charge in [0.15, 0.2) is 0 Å². The molecule has 4 aliphatic carbocycles. The number of hydrazone groups is 1. The second-order valence-electron chi connectivity index (χ2n) is 9.23. The van der Waals surface area contributed by atoms with E-state index in [1.165, 1.54) is 0 Å². The fourth-order valence-electron chi connectivity index (χ4n) is 5.76. The van der Waals surface area contributed by atoms with Crippen molar-refractivity contribution in [2.75, 3.05) is 0 Å². The largest absolute Gasteiger partial charge is 0.486 e. The number of nitrogens with zero attached hydrogens (tertiary/aromatic N) is 2. The number of allylic oxidation sites excluding steroid dienone is 2. The first-order valence-corrected chi connectivity index (χ1v) is 13.3. The van der Waals surface area contributed by atoms with Crippen molar-refractivity contribution in [3.05, 3.63) is 72.6 Å². The zero-order chi connectivity index (χ0) is 23.7. The quantitative estimate of drug-likeness (QED) is 0.217. The van der Waals surface area contributed by atoms with Crippen LogP contribution < -0.4 is 4.74 Å². The lowest BCUT2D eigenvalue weighted by Crippen LogP contribution is -2.40. The molecular weight excluding hydrogens is 607 g/mol. The van der Waals surface area contributed by atoms with Crippen LogP contribution in [0.3, 0.4) is 0 Å². The summed E-state index contributed by atoms with van der Waals surface area (Å²) in [6.45, 7) is 0.262. The number of ether oxygens (including phenoxy) is 1. The van der Waals surface area contributed by atoms with Crippen LogP contribution in [-0.2, 0) is 16.2 Å². The number of amides is 2. The molecule has 0 N–H and O–H groups in total. The molecule has 3 fully saturated rings. The van der Waals surface area contributed by atoms with E-state index in [2.05, 4.69) is 49.1 Å². The van der Waals surface area contributed by atoms with Crippen LogP contribution in [0.2, 0.25) is 10.0 Å². The summed E-state index contributed by atoms with van der Waals surface area (Å²) in [4.78, 5) is 26.2. The summed E-state index contributed by atoms with van der Waals surface area (Å²) in [5.41, 5.74) is 1.53. The molecule has 0 aromatic heterocycles. The third kappa shape index (κ3) is 3.67. The Morgan fingerprint density at radius 1 is 1.00 bits per heavy atom. The lowest BCUT2D eigenvalue weighted by atomic mass is 9.63. The van der Waals surface area contributed by atoms with Crippen molar-refractivity contribution in [2.45, 2.75) is 13.0 Å². The van der Waals surface area contributed by atoms with Gasteiger partial charge in [0.1, 0.15) is 12.4 Å². The molecule has 2 bridgehead atoms. The van der Waals surface area contributed by atoms with Gasteiger partial charge in [-0.25, -0.2) is 0 Å². The Bertz CT molecular complexity index is 1240. The first kappa shape index (κ1) is 22.8. The SMILES string of the molecule is O=C1[C@@H]2[C@H]3C=C[C@@H]([C@@H]4C[C@@H]34)[C@@H]2C(=O)N1/N=C\c1cc(Br)c(OCc2ccc(Cl)cc2Cl)c(Br)c1. The van der Waals surface area contributed by atoms with Crippen molar-refractivity contribution in [3.63, 3.8) is 0 Å². The van der Waals surface area contributed by atoms with E-state index < -0.39 is 0 Å². The van der Waals surface area contributed by atoms with Gasteiger partial charge in [-0.15, -0.1) is 0 Å². The Morgan fingerprint density at radius 3 is 2.21 bits per heavy atom. The molecule has 1 aliphatic heterocycles. The van der Waals surface area contributed by atoms with E-state index in [-0.39, 0.29) is 42.1 Å². The van der Waals surface area contributed by atoms with Crippen molar-refractivity contribution in [1.82, 2.24) is 5.01 Å². The molecule has 5 aliphatic rings. The van der Waals surface area contributed by atoms with Crippen molar-refractivity contribution >= 4 is 73.1 Å². The predicted molar refractivity (Wildman–Crippen MR) is 137 cm³/mol. The molecule has 174 valence electrons. The smallest absolute Gasteiger partial charge is 0.254 e. The van der Waals surface area contributed by atoms with Gasteiger partial charge in [0.25, 0.3) is 11.8 Å². The summed E-state index contributed by atoms with van der Waals surface area (Å²) in [6, 6.07) is 8.90. The molecule has 2 aromatic rings. The van der Waals surface area contributed by atoms with Gasteiger partial charge in [0.2, 0.25) is 0 Å². The van der Waals surface area contributed by atoms with Gasteiger partial charge in [0, 0.05) is 15.6 Å². The van der Waals surface area contributed by atoms with Gasteiger partial charge in [-0.05, 0) is 91.8 Å². The number of carbonyl (C=O) groups is 2. The van der Waals surface area contributed by atoms with Crippen molar-refractivity contribution < 1.29 is 14.3 Å². The maximum atomic E-state index is 13.1. The molecule has 1 saturated heterocycles. The minimum Gasteiger partial charge on any atom is -0.486 e. The van der Waals surface area contributed by atoms with E-state index in [0.29, 0.717) is 36.6 Å². The van der Waals surface area contributed by atoms with Crippen molar-refractivity contribution in [2.24, 2.45) is 40.6 Å². The first-order valence-electron chi connectivity index (χ1n) is 11.0. The van der Waals surface area contributed by atoms with Crippen molar-refractivity contribution in [3.8, 4) is 5.75 Å². The molecule has 7 rings (SSSR count). The molecule has 2 aromatic carbocycles. The second-order valence-corrected chi connectivity index (χ2v) is 11.8. The molecule has 1 heterocycles. The van der Waals surface area contributed by atoms with Crippen LogP contribution in [-0.4, -0.2) is 23.0 Å². The van der Waals surface area contributed by atoms with Crippen LogP contribution in [0.1, 0.15) is 17.5 Å². The molecule has 34 heavy (non-hydrogen) atoms. The van der Waals surface area contributed by atoms with E-state index in [4.69, 9.17) is 27.9 Å². The van der Waals surface area contributed by atoms with Crippen LogP contribution in [0, 0.1) is 35.5 Å². The van der Waals surface area contributed by atoms with Crippen LogP contribution >= 0.6 is 55.1 Å². The highest BCUT2D eigenvalue weighted by molar-refractivity contribution is 9.11. The predicted octanol–water partition coefficient (Wildman–Crippen LogP) is 6.48. The van der Waals surface area contributed by atoms with Gasteiger partial charge in [-0.1, -0.05) is 41.4 Å². The molecule has 0 radical (unpaired) electrons. The first-order chi connectivity index (χ1) is 16.3. The highest BCUT2D eigenvalue weighted by atomic mass is 79.9. The summed E-state index contributed by atoms with van der Waals surface area (Å²) in [5.74, 6) is 1.26. The number of halogens is 4. The summed E-state index contributed by atoms with van der Waals surface area (Å²) in [7, 11) is 0. The number of hydrogen-bond donors (Lipinski definition) is 0. The molecule has 9 heteroatoms. The van der Waals surface area contributed by atoms with Crippen molar-refractivity contribution in [1.29, 1.82) is 0 Å². The zero-order valence-electron chi connectivity index (χ0n) is 17.6. The fraction of sp³-hybridized carbons (Fsp3) is 0.320. The van der Waals surface area contributed by atoms with Gasteiger partial charge in [-0.3, -0.25) is 9.59 Å². The molecule has 5 nitrogen and oxygen atoms in total. The summed E-state index contributed by atoms with van der Waals surface area (Å²) >= 11 is 19.3. The molecular formula is C25H18Br2Cl2N2O3. The van der Waals surface area contributed by atoms with Gasteiger partial charge < -0.3 is 4.74 Å². The van der Waals surface area contributed by atoms with Gasteiger partial charge in [0.05, 0.1) is 27.0 Å². The Hall–Kier alpha value is -1.67. The fourth-order valence-corrected chi connectivity index (χ4v) is 7.67. The minimum absolute atomic E-state index is 0.172. The Morgan fingerprint density at radius 2 is 1.62 bits per heavy atom. The third-order valence-electron chi connectivity index (χ3n) is 7.37. The van der Waals surface area contributed by atoms with E-state index in [1.807, 2.05) is 18.2 Å². The van der Waals surface area contributed by atoms with E-state index in [1.54, 1.807) is 18.3 Å². The Labute approximate surface area is 223 Å². The molecule has 2 saturated carbocycles. The van der Waals surface area contributed by atoms with Crippen LogP contribution in [0.25, 0.3) is 0 Å².